The molecule has 0 aliphatic heterocycles. The predicted octanol–water partition coefficient (Wildman–Crippen LogP) is 1.91. The molecule has 0 fully saturated rings. The first-order valence-electron chi connectivity index (χ1n) is 5.88. The second kappa shape index (κ2) is 6.83. The molecule has 0 rings (SSSR count). The van der Waals surface area contributed by atoms with Gasteiger partial charge in [0.2, 0.25) is 5.91 Å². The van der Waals surface area contributed by atoms with Crippen molar-refractivity contribution < 1.29 is 4.79 Å². The highest BCUT2D eigenvalue weighted by Gasteiger charge is 2.24. The summed E-state index contributed by atoms with van der Waals surface area (Å²) < 4.78 is 0. The standard InChI is InChI=1S/C12H26N2O/c1-10(2)7-5-6-8-14-11(15)12(3,4)9-13/h10H,5-9,13H2,1-4H3,(H,14,15). The number of hydrogen-bond donors (Lipinski definition) is 2. The molecule has 0 heterocycles. The summed E-state index contributed by atoms with van der Waals surface area (Å²) in [4.78, 5) is 11.6. The van der Waals surface area contributed by atoms with Gasteiger partial charge >= 0.3 is 0 Å². The number of rotatable bonds is 7. The van der Waals surface area contributed by atoms with Gasteiger partial charge in [-0.15, -0.1) is 0 Å². The SMILES string of the molecule is CC(C)CCCCNC(=O)C(C)(C)CN. The second-order valence-corrected chi connectivity index (χ2v) is 5.23. The van der Waals surface area contributed by atoms with Gasteiger partial charge in [0.05, 0.1) is 5.41 Å². The van der Waals surface area contributed by atoms with Gasteiger partial charge in [-0.2, -0.15) is 0 Å². The number of carbonyl (C=O) groups is 1. The molecule has 0 aliphatic rings. The zero-order valence-electron chi connectivity index (χ0n) is 10.6. The number of nitrogens with two attached hydrogens (primary N) is 1. The molecule has 0 saturated heterocycles. The molecule has 1 amide bonds. The Bertz CT molecular complexity index is 188. The van der Waals surface area contributed by atoms with Crippen LogP contribution in [0.5, 0.6) is 0 Å². The minimum Gasteiger partial charge on any atom is -0.356 e. The van der Waals surface area contributed by atoms with Gasteiger partial charge in [0.1, 0.15) is 0 Å². The van der Waals surface area contributed by atoms with Crippen molar-refractivity contribution in [3.05, 3.63) is 0 Å². The van der Waals surface area contributed by atoms with Crippen LogP contribution in [0.1, 0.15) is 47.0 Å². The second-order valence-electron chi connectivity index (χ2n) is 5.23. The third-order valence-electron chi connectivity index (χ3n) is 2.62. The van der Waals surface area contributed by atoms with E-state index in [4.69, 9.17) is 5.73 Å². The topological polar surface area (TPSA) is 55.1 Å². The number of nitrogens with one attached hydrogen (secondary N) is 1. The molecule has 3 N–H and O–H groups in total. The van der Waals surface area contributed by atoms with E-state index in [0.29, 0.717) is 6.54 Å². The fourth-order valence-corrected chi connectivity index (χ4v) is 1.21. The molecule has 0 aromatic carbocycles. The summed E-state index contributed by atoms with van der Waals surface area (Å²) in [6.45, 7) is 9.35. The maximum absolute atomic E-state index is 11.6. The molecule has 15 heavy (non-hydrogen) atoms. The Kier molecular flexibility index (Phi) is 6.57. The van der Waals surface area contributed by atoms with Crippen molar-refractivity contribution in [1.82, 2.24) is 5.32 Å². The maximum Gasteiger partial charge on any atom is 0.226 e. The summed E-state index contributed by atoms with van der Waals surface area (Å²) in [5, 5.41) is 2.93. The van der Waals surface area contributed by atoms with E-state index in [1.165, 1.54) is 12.8 Å². The Morgan fingerprint density at radius 3 is 2.40 bits per heavy atom. The normalized spacial score (nSPS) is 11.9. The van der Waals surface area contributed by atoms with E-state index in [9.17, 15) is 4.79 Å². The molecule has 0 bridgehead atoms. The molecule has 0 aliphatic carbocycles. The first-order chi connectivity index (χ1) is 6.90. The summed E-state index contributed by atoms with van der Waals surface area (Å²) in [6.07, 6.45) is 3.47. The van der Waals surface area contributed by atoms with E-state index in [0.717, 1.165) is 18.9 Å². The summed E-state index contributed by atoms with van der Waals surface area (Å²) in [7, 11) is 0. The third kappa shape index (κ3) is 6.50. The van der Waals surface area contributed by atoms with Gasteiger partial charge in [-0.3, -0.25) is 4.79 Å². The highest BCUT2D eigenvalue weighted by molar-refractivity contribution is 5.81. The van der Waals surface area contributed by atoms with Crippen molar-refractivity contribution in [3.8, 4) is 0 Å². The maximum atomic E-state index is 11.6. The molecule has 0 atom stereocenters. The Labute approximate surface area is 93.8 Å². The summed E-state index contributed by atoms with van der Waals surface area (Å²) in [5.74, 6) is 0.815. The molecule has 3 heteroatoms. The first-order valence-corrected chi connectivity index (χ1v) is 5.88. The fourth-order valence-electron chi connectivity index (χ4n) is 1.21. The lowest BCUT2D eigenvalue weighted by atomic mass is 9.92. The van der Waals surface area contributed by atoms with Crippen LogP contribution < -0.4 is 11.1 Å². The van der Waals surface area contributed by atoms with E-state index in [-0.39, 0.29) is 5.91 Å². The summed E-state index contributed by atoms with van der Waals surface area (Å²) in [6, 6.07) is 0. The smallest absolute Gasteiger partial charge is 0.226 e. The van der Waals surface area contributed by atoms with Crippen molar-refractivity contribution >= 4 is 5.91 Å². The Morgan fingerprint density at radius 1 is 1.33 bits per heavy atom. The highest BCUT2D eigenvalue weighted by atomic mass is 16.2. The molecule has 0 aromatic rings. The van der Waals surface area contributed by atoms with Gasteiger partial charge in [0, 0.05) is 13.1 Å². The quantitative estimate of drug-likeness (QED) is 0.636. The molecule has 90 valence electrons. The number of unbranched alkanes of at least 4 members (excludes halogenated alkanes) is 1. The largest absolute Gasteiger partial charge is 0.356 e. The minimum absolute atomic E-state index is 0.0644. The predicted molar refractivity (Wildman–Crippen MR) is 64.5 cm³/mol. The molecular weight excluding hydrogens is 188 g/mol. The van der Waals surface area contributed by atoms with E-state index >= 15 is 0 Å². The van der Waals surface area contributed by atoms with Gasteiger partial charge in [-0.25, -0.2) is 0 Å². The molecule has 0 aromatic heterocycles. The van der Waals surface area contributed by atoms with Gasteiger partial charge in [-0.1, -0.05) is 26.7 Å². The molecular formula is C12H26N2O. The average Bonchev–Trinajstić information content (AvgIpc) is 2.16. The van der Waals surface area contributed by atoms with Crippen LogP contribution in [0.15, 0.2) is 0 Å². The van der Waals surface area contributed by atoms with Crippen LogP contribution in [0.4, 0.5) is 0 Å². The lowest BCUT2D eigenvalue weighted by Gasteiger charge is -2.21. The molecule has 0 spiro atoms. The fraction of sp³-hybridized carbons (Fsp3) is 0.917. The number of hydrogen-bond acceptors (Lipinski definition) is 2. The number of amides is 1. The average molecular weight is 214 g/mol. The molecule has 0 radical (unpaired) electrons. The van der Waals surface area contributed by atoms with E-state index in [1.807, 2.05) is 13.8 Å². The first kappa shape index (κ1) is 14.4. The van der Waals surface area contributed by atoms with Crippen LogP contribution in [0, 0.1) is 11.3 Å². The summed E-state index contributed by atoms with van der Waals surface area (Å²) >= 11 is 0. The van der Waals surface area contributed by atoms with Gasteiger partial charge in [0.25, 0.3) is 0 Å². The van der Waals surface area contributed by atoms with Crippen molar-refractivity contribution in [1.29, 1.82) is 0 Å². The third-order valence-corrected chi connectivity index (χ3v) is 2.62. The molecule has 3 nitrogen and oxygen atoms in total. The van der Waals surface area contributed by atoms with Crippen LogP contribution in [-0.2, 0) is 4.79 Å². The zero-order valence-corrected chi connectivity index (χ0v) is 10.6. The lowest BCUT2D eigenvalue weighted by Crippen LogP contribution is -2.42. The van der Waals surface area contributed by atoms with Crippen LogP contribution in [0.3, 0.4) is 0 Å². The zero-order chi connectivity index (χ0) is 11.9. The van der Waals surface area contributed by atoms with Gasteiger partial charge in [0.15, 0.2) is 0 Å². The summed E-state index contributed by atoms with van der Waals surface area (Å²) in [5.41, 5.74) is 5.08. The van der Waals surface area contributed by atoms with Gasteiger partial charge in [-0.05, 0) is 26.2 Å². The monoisotopic (exact) mass is 214 g/mol. The van der Waals surface area contributed by atoms with Crippen LogP contribution in [0.2, 0.25) is 0 Å². The van der Waals surface area contributed by atoms with Crippen LogP contribution >= 0.6 is 0 Å². The lowest BCUT2D eigenvalue weighted by molar-refractivity contribution is -0.128. The molecule has 0 saturated carbocycles. The van der Waals surface area contributed by atoms with Crippen molar-refractivity contribution in [2.24, 2.45) is 17.1 Å². The minimum atomic E-state index is -0.432. The van der Waals surface area contributed by atoms with E-state index in [2.05, 4.69) is 19.2 Å². The van der Waals surface area contributed by atoms with Crippen LogP contribution in [0.25, 0.3) is 0 Å². The Hall–Kier alpha value is -0.570. The van der Waals surface area contributed by atoms with Crippen molar-refractivity contribution in [3.63, 3.8) is 0 Å². The Morgan fingerprint density at radius 2 is 1.93 bits per heavy atom. The van der Waals surface area contributed by atoms with Gasteiger partial charge < -0.3 is 11.1 Å². The molecule has 0 unspecified atom stereocenters. The highest BCUT2D eigenvalue weighted by Crippen LogP contribution is 2.12. The van der Waals surface area contributed by atoms with Crippen molar-refractivity contribution in [2.75, 3.05) is 13.1 Å². The van der Waals surface area contributed by atoms with Crippen LogP contribution in [-0.4, -0.2) is 19.0 Å². The number of carbonyl (C=O) groups excluding carboxylic acids is 1. The Balaban J connectivity index is 3.56. The van der Waals surface area contributed by atoms with Crippen molar-refractivity contribution in [2.45, 2.75) is 47.0 Å². The van der Waals surface area contributed by atoms with E-state index < -0.39 is 5.41 Å². The van der Waals surface area contributed by atoms with E-state index in [1.54, 1.807) is 0 Å².